The molecule has 3 aromatic carbocycles. The fourth-order valence-electron chi connectivity index (χ4n) is 2.76. The van der Waals surface area contributed by atoms with Gasteiger partial charge < -0.3 is 11.1 Å². The summed E-state index contributed by atoms with van der Waals surface area (Å²) in [4.78, 5) is 11.3. The van der Waals surface area contributed by atoms with E-state index in [9.17, 15) is 30.7 Å². The number of benzene rings is 3. The van der Waals surface area contributed by atoms with Gasteiger partial charge in [0.1, 0.15) is 9.79 Å². The second-order valence-corrected chi connectivity index (χ2v) is 8.60. The van der Waals surface area contributed by atoms with E-state index in [1.807, 2.05) is 0 Å². The van der Waals surface area contributed by atoms with Gasteiger partial charge in [-0.3, -0.25) is 13.9 Å². The molecule has 0 heterocycles. The maximum absolute atomic E-state index is 12.5. The van der Waals surface area contributed by atoms with Gasteiger partial charge in [0.25, 0.3) is 26.1 Å². The molecular formula is C17H14N2O7S2. The molecule has 3 aromatic rings. The minimum atomic E-state index is -4.77. The molecule has 0 aliphatic carbocycles. The molecule has 1 amide bonds. The van der Waals surface area contributed by atoms with Gasteiger partial charge in [0.2, 0.25) is 0 Å². The van der Waals surface area contributed by atoms with E-state index < -0.39 is 35.9 Å². The number of carbonyl (C=O) groups excluding carboxylic acids is 1. The first-order valence-corrected chi connectivity index (χ1v) is 10.5. The number of hydrogen-bond donors (Lipinski definition) is 4. The summed E-state index contributed by atoms with van der Waals surface area (Å²) in [6.07, 6.45) is 0. The Bertz CT molecular complexity index is 1320. The van der Waals surface area contributed by atoms with E-state index in [0.717, 1.165) is 18.2 Å². The standard InChI is InChI=1S/C17H14N2O7S2/c18-11-4-1-3-10(9-11)17(20)19-13-7-8-14(27(21,22)23)12-5-2-6-15(16(12)13)28(24,25)26/h1-9H,18H2,(H,19,20)(H,21,22,23)(H,24,25,26). The molecule has 0 radical (unpaired) electrons. The lowest BCUT2D eigenvalue weighted by Gasteiger charge is -2.14. The highest BCUT2D eigenvalue weighted by Gasteiger charge is 2.23. The molecule has 0 saturated heterocycles. The van der Waals surface area contributed by atoms with Gasteiger partial charge in [-0.2, -0.15) is 16.8 Å². The molecule has 0 atom stereocenters. The summed E-state index contributed by atoms with van der Waals surface area (Å²) in [5, 5.41) is 2.02. The number of nitrogen functional groups attached to an aromatic ring is 1. The highest BCUT2D eigenvalue weighted by Crippen LogP contribution is 2.34. The van der Waals surface area contributed by atoms with Crippen LogP contribution in [0.2, 0.25) is 0 Å². The Morgan fingerprint density at radius 1 is 0.857 bits per heavy atom. The second-order valence-electron chi connectivity index (χ2n) is 5.82. The number of rotatable bonds is 4. The Hall–Kier alpha value is -2.99. The molecule has 0 aromatic heterocycles. The van der Waals surface area contributed by atoms with Crippen molar-refractivity contribution >= 4 is 48.3 Å². The van der Waals surface area contributed by atoms with Crippen LogP contribution in [0.4, 0.5) is 11.4 Å². The van der Waals surface area contributed by atoms with E-state index in [4.69, 9.17) is 5.73 Å². The number of carbonyl (C=O) groups is 1. The Kier molecular flexibility index (Phi) is 4.85. The molecule has 11 heteroatoms. The van der Waals surface area contributed by atoms with Crippen LogP contribution in [0.25, 0.3) is 10.8 Å². The Labute approximate surface area is 160 Å². The summed E-state index contributed by atoms with van der Waals surface area (Å²) in [6, 6.07) is 11.6. The summed E-state index contributed by atoms with van der Waals surface area (Å²) < 4.78 is 65.8. The minimum absolute atomic E-state index is 0.0805. The first kappa shape index (κ1) is 19.8. The first-order chi connectivity index (χ1) is 13.0. The molecule has 0 saturated carbocycles. The van der Waals surface area contributed by atoms with Crippen LogP contribution in [0, 0.1) is 0 Å². The number of nitrogens with two attached hydrogens (primary N) is 1. The van der Waals surface area contributed by atoms with E-state index in [0.29, 0.717) is 5.69 Å². The van der Waals surface area contributed by atoms with Gasteiger partial charge in [-0.05, 0) is 36.4 Å². The van der Waals surface area contributed by atoms with Crippen LogP contribution in [0.5, 0.6) is 0 Å². The van der Waals surface area contributed by atoms with Gasteiger partial charge in [-0.25, -0.2) is 0 Å². The van der Waals surface area contributed by atoms with Crippen molar-refractivity contribution in [2.75, 3.05) is 11.1 Å². The summed E-state index contributed by atoms with van der Waals surface area (Å²) in [6.45, 7) is 0. The van der Waals surface area contributed by atoms with Crippen LogP contribution in [-0.4, -0.2) is 31.8 Å². The largest absolute Gasteiger partial charge is 0.399 e. The number of anilines is 2. The minimum Gasteiger partial charge on any atom is -0.399 e. The molecule has 3 rings (SSSR count). The topological polar surface area (TPSA) is 164 Å². The lowest BCUT2D eigenvalue weighted by molar-refractivity contribution is 0.102. The van der Waals surface area contributed by atoms with Crippen molar-refractivity contribution in [3.05, 3.63) is 60.2 Å². The number of hydrogen-bond acceptors (Lipinski definition) is 6. The lowest BCUT2D eigenvalue weighted by Crippen LogP contribution is -2.14. The van der Waals surface area contributed by atoms with E-state index in [1.165, 1.54) is 24.3 Å². The van der Waals surface area contributed by atoms with Gasteiger partial charge in [0, 0.05) is 22.0 Å². The average molecular weight is 422 g/mol. The summed E-state index contributed by atoms with van der Waals surface area (Å²) in [7, 11) is -9.47. The predicted octanol–water partition coefficient (Wildman–Crippen LogP) is 2.17. The maximum atomic E-state index is 12.5. The van der Waals surface area contributed by atoms with Crippen LogP contribution in [-0.2, 0) is 20.2 Å². The monoisotopic (exact) mass is 422 g/mol. The third kappa shape index (κ3) is 3.82. The smallest absolute Gasteiger partial charge is 0.295 e. The van der Waals surface area contributed by atoms with Crippen molar-refractivity contribution in [1.82, 2.24) is 0 Å². The Morgan fingerprint density at radius 2 is 1.50 bits per heavy atom. The summed E-state index contributed by atoms with van der Waals surface area (Å²) >= 11 is 0. The third-order valence-corrected chi connectivity index (χ3v) is 5.72. The van der Waals surface area contributed by atoms with Crippen molar-refractivity contribution in [3.63, 3.8) is 0 Å². The van der Waals surface area contributed by atoms with Crippen LogP contribution in [0.1, 0.15) is 10.4 Å². The van der Waals surface area contributed by atoms with Crippen LogP contribution in [0.15, 0.2) is 64.4 Å². The number of fused-ring (bicyclic) bond motifs is 1. The SMILES string of the molecule is Nc1cccc(C(=O)Nc2ccc(S(=O)(=O)O)c3cccc(S(=O)(=O)O)c23)c1. The van der Waals surface area contributed by atoms with Crippen molar-refractivity contribution in [3.8, 4) is 0 Å². The van der Waals surface area contributed by atoms with E-state index in [1.54, 1.807) is 12.1 Å². The predicted molar refractivity (Wildman–Crippen MR) is 102 cm³/mol. The molecule has 0 aliphatic rings. The first-order valence-electron chi connectivity index (χ1n) is 7.66. The van der Waals surface area contributed by atoms with Crippen LogP contribution in [0.3, 0.4) is 0 Å². The lowest BCUT2D eigenvalue weighted by atomic mass is 10.1. The Morgan fingerprint density at radius 3 is 2.11 bits per heavy atom. The highest BCUT2D eigenvalue weighted by atomic mass is 32.2. The fraction of sp³-hybridized carbons (Fsp3) is 0. The van der Waals surface area contributed by atoms with Gasteiger partial charge in [0.05, 0.1) is 5.69 Å². The van der Waals surface area contributed by atoms with Gasteiger partial charge >= 0.3 is 0 Å². The van der Waals surface area contributed by atoms with Crippen molar-refractivity contribution in [2.24, 2.45) is 0 Å². The van der Waals surface area contributed by atoms with E-state index in [-0.39, 0.29) is 22.0 Å². The van der Waals surface area contributed by atoms with E-state index in [2.05, 4.69) is 5.32 Å². The second kappa shape index (κ2) is 6.87. The number of amides is 1. The quantitative estimate of drug-likeness (QED) is 0.367. The average Bonchev–Trinajstić information content (AvgIpc) is 2.59. The molecule has 0 aliphatic heterocycles. The molecule has 0 fully saturated rings. The molecule has 5 N–H and O–H groups in total. The zero-order chi connectivity index (χ0) is 20.7. The fourth-order valence-corrected chi connectivity index (χ4v) is 4.18. The molecule has 0 unspecified atom stereocenters. The number of nitrogens with one attached hydrogen (secondary N) is 1. The summed E-state index contributed by atoms with van der Waals surface area (Å²) in [5.74, 6) is -0.640. The van der Waals surface area contributed by atoms with Gasteiger partial charge in [0.15, 0.2) is 0 Å². The maximum Gasteiger partial charge on any atom is 0.295 e. The van der Waals surface area contributed by atoms with Crippen LogP contribution >= 0.6 is 0 Å². The molecule has 146 valence electrons. The highest BCUT2D eigenvalue weighted by molar-refractivity contribution is 7.86. The summed E-state index contributed by atoms with van der Waals surface area (Å²) in [5.41, 5.74) is 6.07. The third-order valence-electron chi connectivity index (χ3n) is 3.92. The van der Waals surface area contributed by atoms with Gasteiger partial charge in [-0.1, -0.05) is 18.2 Å². The Balaban J connectivity index is 2.27. The molecule has 0 bridgehead atoms. The molecule has 0 spiro atoms. The molecule has 9 nitrogen and oxygen atoms in total. The zero-order valence-corrected chi connectivity index (χ0v) is 15.7. The normalized spacial score (nSPS) is 12.1. The van der Waals surface area contributed by atoms with Crippen molar-refractivity contribution in [1.29, 1.82) is 0 Å². The van der Waals surface area contributed by atoms with Gasteiger partial charge in [-0.15, -0.1) is 0 Å². The van der Waals surface area contributed by atoms with E-state index >= 15 is 0 Å². The molecule has 28 heavy (non-hydrogen) atoms. The van der Waals surface area contributed by atoms with Crippen molar-refractivity contribution in [2.45, 2.75) is 9.79 Å². The molecular weight excluding hydrogens is 408 g/mol. The zero-order valence-electron chi connectivity index (χ0n) is 14.0. The van der Waals surface area contributed by atoms with Crippen LogP contribution < -0.4 is 11.1 Å². The van der Waals surface area contributed by atoms with Crippen molar-refractivity contribution < 1.29 is 30.7 Å².